The second-order valence-corrected chi connectivity index (χ2v) is 3.89. The van der Waals surface area contributed by atoms with E-state index in [1.807, 2.05) is 5.32 Å². The number of benzene rings is 1. The van der Waals surface area contributed by atoms with Crippen LogP contribution >= 0.6 is 11.6 Å². The average molecular weight is 292 g/mol. The monoisotopic (exact) mass is 291 g/mol. The molecule has 0 spiro atoms. The van der Waals surface area contributed by atoms with E-state index in [1.54, 1.807) is 0 Å². The van der Waals surface area contributed by atoms with Gasteiger partial charge in [0.25, 0.3) is 0 Å². The van der Waals surface area contributed by atoms with Gasteiger partial charge in [0.05, 0.1) is 0 Å². The minimum Gasteiger partial charge on any atom is -0.308 e. The first kappa shape index (κ1) is 15.1. The minimum atomic E-state index is -4.47. The van der Waals surface area contributed by atoms with Crippen LogP contribution < -0.4 is 5.32 Å². The zero-order valence-corrected chi connectivity index (χ0v) is 9.71. The Balaban J connectivity index is 3.30. The highest BCUT2D eigenvalue weighted by molar-refractivity contribution is 6.31. The first-order valence-electron chi connectivity index (χ1n) is 4.69. The summed E-state index contributed by atoms with van der Waals surface area (Å²) in [6, 6.07) is -1.40. The minimum absolute atomic E-state index is 0.370. The number of nitrogens with one attached hydrogen (secondary N) is 1. The maximum atomic E-state index is 13.2. The van der Waals surface area contributed by atoms with Gasteiger partial charge in [-0.05, 0) is 24.7 Å². The SMILES string of the molecule is CNC(c1cc(F)c(F)cc1Cl)C(F)(F)C(F)F. The van der Waals surface area contributed by atoms with Crippen molar-refractivity contribution in [3.8, 4) is 0 Å². The second-order valence-electron chi connectivity index (χ2n) is 3.48. The van der Waals surface area contributed by atoms with Crippen LogP contribution in [-0.2, 0) is 0 Å². The number of hydrogen-bond acceptors (Lipinski definition) is 1. The summed E-state index contributed by atoms with van der Waals surface area (Å²) in [4.78, 5) is 0. The topological polar surface area (TPSA) is 12.0 Å². The summed E-state index contributed by atoms with van der Waals surface area (Å²) in [5.41, 5.74) is -0.636. The molecule has 1 aromatic carbocycles. The van der Waals surface area contributed by atoms with E-state index in [2.05, 4.69) is 0 Å². The molecular formula is C10H8ClF6N. The van der Waals surface area contributed by atoms with Gasteiger partial charge in [0, 0.05) is 5.02 Å². The molecule has 0 fully saturated rings. The van der Waals surface area contributed by atoms with Crippen LogP contribution in [0.2, 0.25) is 5.02 Å². The summed E-state index contributed by atoms with van der Waals surface area (Å²) in [5, 5.41) is 1.36. The summed E-state index contributed by atoms with van der Waals surface area (Å²) >= 11 is 5.46. The van der Waals surface area contributed by atoms with Crippen molar-refractivity contribution in [3.63, 3.8) is 0 Å². The molecule has 0 heterocycles. The predicted molar refractivity (Wildman–Crippen MR) is 54.1 cm³/mol. The van der Waals surface area contributed by atoms with Crippen LogP contribution in [0.1, 0.15) is 11.6 Å². The first-order valence-corrected chi connectivity index (χ1v) is 5.07. The van der Waals surface area contributed by atoms with E-state index in [-0.39, 0.29) is 0 Å². The van der Waals surface area contributed by atoms with Crippen LogP contribution in [0, 0.1) is 11.6 Å². The summed E-state index contributed by atoms with van der Waals surface area (Å²) in [7, 11) is 0.985. The molecule has 1 N–H and O–H groups in total. The third kappa shape index (κ3) is 2.72. The van der Waals surface area contributed by atoms with Crippen molar-refractivity contribution in [2.75, 3.05) is 7.05 Å². The zero-order valence-electron chi connectivity index (χ0n) is 8.96. The maximum absolute atomic E-state index is 13.2. The van der Waals surface area contributed by atoms with E-state index in [9.17, 15) is 26.3 Å². The lowest BCUT2D eigenvalue weighted by Crippen LogP contribution is -2.41. The van der Waals surface area contributed by atoms with E-state index in [1.165, 1.54) is 0 Å². The van der Waals surface area contributed by atoms with Gasteiger partial charge in [-0.2, -0.15) is 8.78 Å². The Morgan fingerprint density at radius 2 is 1.67 bits per heavy atom. The van der Waals surface area contributed by atoms with Gasteiger partial charge in [0.2, 0.25) is 0 Å². The fourth-order valence-electron chi connectivity index (χ4n) is 1.44. The van der Waals surface area contributed by atoms with Crippen molar-refractivity contribution >= 4 is 11.6 Å². The zero-order chi connectivity index (χ0) is 14.1. The number of rotatable bonds is 4. The summed E-state index contributed by atoms with van der Waals surface area (Å²) < 4.78 is 76.7. The van der Waals surface area contributed by atoms with E-state index >= 15 is 0 Å². The van der Waals surface area contributed by atoms with Crippen molar-refractivity contribution in [1.29, 1.82) is 0 Å². The van der Waals surface area contributed by atoms with Gasteiger partial charge in [-0.25, -0.2) is 17.6 Å². The van der Waals surface area contributed by atoms with Gasteiger partial charge in [-0.15, -0.1) is 0 Å². The number of halogens is 7. The van der Waals surface area contributed by atoms with E-state index in [4.69, 9.17) is 11.6 Å². The molecule has 18 heavy (non-hydrogen) atoms. The lowest BCUT2D eigenvalue weighted by atomic mass is 10.0. The molecule has 1 aromatic rings. The number of alkyl halides is 4. The van der Waals surface area contributed by atoms with Gasteiger partial charge >= 0.3 is 12.3 Å². The Morgan fingerprint density at radius 3 is 2.11 bits per heavy atom. The van der Waals surface area contributed by atoms with Crippen LogP contribution in [0.15, 0.2) is 12.1 Å². The van der Waals surface area contributed by atoms with Crippen molar-refractivity contribution in [1.82, 2.24) is 5.32 Å². The van der Waals surface area contributed by atoms with Crippen LogP contribution in [-0.4, -0.2) is 19.4 Å². The second kappa shape index (κ2) is 5.36. The molecule has 0 radical (unpaired) electrons. The molecule has 0 bridgehead atoms. The Kier molecular flexibility index (Phi) is 4.50. The van der Waals surface area contributed by atoms with Crippen LogP contribution in [0.3, 0.4) is 0 Å². The van der Waals surface area contributed by atoms with E-state index in [0.29, 0.717) is 12.1 Å². The Hall–Kier alpha value is -0.950. The van der Waals surface area contributed by atoms with Gasteiger partial charge < -0.3 is 5.32 Å². The number of hydrogen-bond donors (Lipinski definition) is 1. The molecule has 1 rings (SSSR count). The van der Waals surface area contributed by atoms with Crippen LogP contribution in [0.4, 0.5) is 26.3 Å². The Bertz CT molecular complexity index is 437. The average Bonchev–Trinajstić information content (AvgIpc) is 2.25. The molecule has 1 nitrogen and oxygen atoms in total. The summed E-state index contributed by atoms with van der Waals surface area (Å²) in [6.07, 6.45) is -3.97. The van der Waals surface area contributed by atoms with Gasteiger partial charge in [0.1, 0.15) is 6.04 Å². The van der Waals surface area contributed by atoms with Crippen molar-refractivity contribution < 1.29 is 26.3 Å². The quantitative estimate of drug-likeness (QED) is 0.657. The third-order valence-electron chi connectivity index (χ3n) is 2.32. The van der Waals surface area contributed by atoms with Crippen LogP contribution in [0.25, 0.3) is 0 Å². The molecule has 0 aromatic heterocycles. The fourth-order valence-corrected chi connectivity index (χ4v) is 1.70. The third-order valence-corrected chi connectivity index (χ3v) is 2.64. The van der Waals surface area contributed by atoms with Crippen molar-refractivity contribution in [2.45, 2.75) is 18.4 Å². The Morgan fingerprint density at radius 1 is 1.17 bits per heavy atom. The van der Waals surface area contributed by atoms with Crippen molar-refractivity contribution in [2.24, 2.45) is 0 Å². The van der Waals surface area contributed by atoms with Crippen molar-refractivity contribution in [3.05, 3.63) is 34.4 Å². The fraction of sp³-hybridized carbons (Fsp3) is 0.400. The largest absolute Gasteiger partial charge is 0.326 e. The van der Waals surface area contributed by atoms with Gasteiger partial charge in [-0.3, -0.25) is 0 Å². The van der Waals surface area contributed by atoms with Gasteiger partial charge in [0.15, 0.2) is 11.6 Å². The lowest BCUT2D eigenvalue weighted by molar-refractivity contribution is -0.150. The molecule has 0 saturated heterocycles. The summed E-state index contributed by atoms with van der Waals surface area (Å²) in [6.45, 7) is 0. The standard InChI is InChI=1S/C10H8ClF6N/c1-18-8(10(16,17)9(14)15)4-2-6(12)7(13)3-5(4)11/h2-3,8-9,18H,1H3. The first-order chi connectivity index (χ1) is 8.21. The van der Waals surface area contributed by atoms with Crippen LogP contribution in [0.5, 0.6) is 0 Å². The molecule has 0 aliphatic heterocycles. The predicted octanol–water partition coefficient (Wildman–Crippen LogP) is 3.78. The summed E-state index contributed by atoms with van der Waals surface area (Å²) in [5.74, 6) is -7.26. The Labute approximate surface area is 104 Å². The molecular weight excluding hydrogens is 284 g/mol. The molecule has 0 saturated carbocycles. The molecule has 0 amide bonds. The highest BCUT2D eigenvalue weighted by Gasteiger charge is 2.49. The van der Waals surface area contributed by atoms with E-state index in [0.717, 1.165) is 7.05 Å². The van der Waals surface area contributed by atoms with Gasteiger partial charge in [-0.1, -0.05) is 11.6 Å². The molecule has 0 aliphatic rings. The molecule has 1 atom stereocenters. The molecule has 8 heteroatoms. The molecule has 0 aliphatic carbocycles. The van der Waals surface area contributed by atoms with E-state index < -0.39 is 40.6 Å². The normalized spacial score (nSPS) is 14.1. The smallest absolute Gasteiger partial charge is 0.308 e. The lowest BCUT2D eigenvalue weighted by Gasteiger charge is -2.26. The molecule has 102 valence electrons. The highest BCUT2D eigenvalue weighted by Crippen LogP contribution is 2.39. The highest BCUT2D eigenvalue weighted by atomic mass is 35.5. The maximum Gasteiger partial charge on any atom is 0.326 e. The molecule has 1 unspecified atom stereocenters.